The lowest BCUT2D eigenvalue weighted by molar-refractivity contribution is 0.0517. The molecule has 0 N–H and O–H groups in total. The maximum atomic E-state index is 11.9. The third kappa shape index (κ3) is 3.43. The molecule has 1 aromatic heterocycles. The van der Waals surface area contributed by atoms with Crippen LogP contribution < -0.4 is 0 Å². The van der Waals surface area contributed by atoms with Crippen LogP contribution in [0.4, 0.5) is 0 Å². The highest BCUT2D eigenvalue weighted by Gasteiger charge is 2.23. The number of aromatic nitrogens is 1. The summed E-state index contributed by atoms with van der Waals surface area (Å²) in [6.07, 6.45) is 0. The van der Waals surface area contributed by atoms with Crippen molar-refractivity contribution < 1.29 is 14.3 Å². The van der Waals surface area contributed by atoms with E-state index in [1.807, 2.05) is 0 Å². The van der Waals surface area contributed by atoms with Gasteiger partial charge in [-0.05, 0) is 25.1 Å². The number of hydrogen-bond donors (Lipinski definition) is 0. The Morgan fingerprint density at radius 3 is 2.67 bits per heavy atom. The maximum Gasteiger partial charge on any atom is 0.358 e. The van der Waals surface area contributed by atoms with Crippen molar-refractivity contribution in [2.75, 3.05) is 6.61 Å². The van der Waals surface area contributed by atoms with Gasteiger partial charge in [0.25, 0.3) is 0 Å². The number of halogens is 2. The van der Waals surface area contributed by atoms with Gasteiger partial charge < -0.3 is 4.74 Å². The number of Topliss-reactive ketones (excluding diaryl/α,β-unsaturated/α-hetero) is 1. The van der Waals surface area contributed by atoms with Crippen molar-refractivity contribution in [2.24, 2.45) is 0 Å². The fraction of sp³-hybridized carbons (Fsp3) is 0.214. The fourth-order valence-corrected chi connectivity index (χ4v) is 3.09. The highest BCUT2D eigenvalue weighted by atomic mass is 35.5. The molecule has 0 fully saturated rings. The number of ketones is 1. The molecule has 21 heavy (non-hydrogen) atoms. The van der Waals surface area contributed by atoms with Crippen LogP contribution in [0, 0.1) is 0 Å². The quantitative estimate of drug-likeness (QED) is 0.605. The maximum absolute atomic E-state index is 11.9. The first kappa shape index (κ1) is 15.9. The monoisotopic (exact) mass is 343 g/mol. The van der Waals surface area contributed by atoms with Crippen molar-refractivity contribution in [3.8, 4) is 10.6 Å². The van der Waals surface area contributed by atoms with Gasteiger partial charge in [0, 0.05) is 17.5 Å². The first-order valence-corrected chi connectivity index (χ1v) is 7.65. The molecule has 2 rings (SSSR count). The predicted molar refractivity (Wildman–Crippen MR) is 83.5 cm³/mol. The number of hydrogen-bond acceptors (Lipinski definition) is 5. The highest BCUT2D eigenvalue weighted by Crippen LogP contribution is 2.35. The Kier molecular flexibility index (Phi) is 4.98. The Hall–Kier alpha value is -1.43. The summed E-state index contributed by atoms with van der Waals surface area (Å²) in [4.78, 5) is 28.0. The minimum absolute atomic E-state index is 0.0143. The molecule has 0 atom stereocenters. The van der Waals surface area contributed by atoms with Gasteiger partial charge in [-0.2, -0.15) is 0 Å². The summed E-state index contributed by atoms with van der Waals surface area (Å²) in [5, 5.41) is 1.39. The van der Waals surface area contributed by atoms with Crippen LogP contribution in [-0.2, 0) is 4.74 Å². The van der Waals surface area contributed by atoms with Crippen LogP contribution >= 0.6 is 34.5 Å². The Labute approximate surface area is 135 Å². The van der Waals surface area contributed by atoms with Gasteiger partial charge in [-0.3, -0.25) is 4.79 Å². The Bertz CT molecular complexity index is 712. The van der Waals surface area contributed by atoms with Gasteiger partial charge >= 0.3 is 5.97 Å². The number of carbonyl (C=O) groups is 2. The van der Waals surface area contributed by atoms with Crippen molar-refractivity contribution in [3.05, 3.63) is 38.8 Å². The SMILES string of the molecule is CCOC(=O)c1nc(-c2cc(Cl)ccc2Cl)sc1C(C)=O. The lowest BCUT2D eigenvalue weighted by Crippen LogP contribution is -2.09. The molecule has 7 heteroatoms. The van der Waals surface area contributed by atoms with Crippen LogP contribution in [0.25, 0.3) is 10.6 Å². The predicted octanol–water partition coefficient (Wildman–Crippen LogP) is 4.50. The minimum atomic E-state index is -0.622. The van der Waals surface area contributed by atoms with E-state index in [9.17, 15) is 9.59 Å². The molecule has 1 aromatic carbocycles. The minimum Gasteiger partial charge on any atom is -0.461 e. The molecule has 1 heterocycles. The summed E-state index contributed by atoms with van der Waals surface area (Å²) < 4.78 is 4.92. The average molecular weight is 344 g/mol. The number of rotatable bonds is 4. The Morgan fingerprint density at radius 2 is 2.05 bits per heavy atom. The molecule has 0 aliphatic rings. The number of thiazole rings is 1. The van der Waals surface area contributed by atoms with Gasteiger partial charge in [-0.25, -0.2) is 9.78 Å². The summed E-state index contributed by atoms with van der Waals surface area (Å²) in [7, 11) is 0. The third-order valence-corrected chi connectivity index (χ3v) is 4.33. The molecule has 0 aliphatic heterocycles. The molecular weight excluding hydrogens is 333 g/mol. The lowest BCUT2D eigenvalue weighted by Gasteiger charge is -2.00. The van der Waals surface area contributed by atoms with Crippen molar-refractivity contribution in [3.63, 3.8) is 0 Å². The Morgan fingerprint density at radius 1 is 1.33 bits per heavy atom. The van der Waals surface area contributed by atoms with Gasteiger partial charge in [-0.1, -0.05) is 23.2 Å². The summed E-state index contributed by atoms with van der Waals surface area (Å²) >= 11 is 13.2. The molecule has 0 aliphatic carbocycles. The number of nitrogens with zero attached hydrogens (tertiary/aromatic N) is 1. The highest BCUT2D eigenvalue weighted by molar-refractivity contribution is 7.17. The van der Waals surface area contributed by atoms with Crippen molar-refractivity contribution >= 4 is 46.3 Å². The molecule has 0 spiro atoms. The average Bonchev–Trinajstić information content (AvgIpc) is 2.87. The fourth-order valence-electron chi connectivity index (χ4n) is 1.67. The molecule has 2 aromatic rings. The largest absolute Gasteiger partial charge is 0.461 e. The van der Waals surface area contributed by atoms with Gasteiger partial charge in [0.1, 0.15) is 9.88 Å². The number of benzene rings is 1. The van der Waals surface area contributed by atoms with Crippen molar-refractivity contribution in [1.29, 1.82) is 0 Å². The van der Waals surface area contributed by atoms with Crippen LogP contribution in [0.15, 0.2) is 18.2 Å². The van der Waals surface area contributed by atoms with E-state index in [2.05, 4.69) is 4.98 Å². The zero-order chi connectivity index (χ0) is 15.6. The standard InChI is InChI=1S/C14H11Cl2NO3S/c1-3-20-14(19)11-12(7(2)18)21-13(17-11)9-6-8(15)4-5-10(9)16/h4-6H,3H2,1-2H3. The second kappa shape index (κ2) is 6.56. The lowest BCUT2D eigenvalue weighted by atomic mass is 10.2. The van der Waals surface area contributed by atoms with E-state index in [1.165, 1.54) is 6.92 Å². The third-order valence-electron chi connectivity index (χ3n) is 2.57. The van der Waals surface area contributed by atoms with Crippen molar-refractivity contribution in [1.82, 2.24) is 4.98 Å². The van der Waals surface area contributed by atoms with E-state index in [1.54, 1.807) is 25.1 Å². The van der Waals surface area contributed by atoms with E-state index in [-0.39, 0.29) is 23.0 Å². The molecule has 0 radical (unpaired) electrons. The second-order valence-electron chi connectivity index (χ2n) is 4.10. The molecule has 110 valence electrons. The molecule has 0 bridgehead atoms. The zero-order valence-corrected chi connectivity index (χ0v) is 13.6. The number of ether oxygens (including phenoxy) is 1. The van der Waals surface area contributed by atoms with Crippen LogP contribution in [-0.4, -0.2) is 23.3 Å². The first-order valence-electron chi connectivity index (χ1n) is 6.08. The van der Waals surface area contributed by atoms with E-state index in [4.69, 9.17) is 27.9 Å². The summed E-state index contributed by atoms with van der Waals surface area (Å²) in [6.45, 7) is 3.27. The zero-order valence-electron chi connectivity index (χ0n) is 11.3. The van der Waals surface area contributed by atoms with E-state index in [0.717, 1.165) is 11.3 Å². The number of carbonyl (C=O) groups excluding carboxylic acids is 2. The molecule has 0 amide bonds. The van der Waals surface area contributed by atoms with Crippen LogP contribution in [0.1, 0.15) is 34.0 Å². The van der Waals surface area contributed by atoms with Gasteiger partial charge in [0.05, 0.1) is 11.6 Å². The van der Waals surface area contributed by atoms with E-state index in [0.29, 0.717) is 20.6 Å². The van der Waals surface area contributed by atoms with Crippen LogP contribution in [0.2, 0.25) is 10.0 Å². The van der Waals surface area contributed by atoms with Crippen LogP contribution in [0.5, 0.6) is 0 Å². The normalized spacial score (nSPS) is 10.5. The number of esters is 1. The molecule has 0 saturated heterocycles. The van der Waals surface area contributed by atoms with Crippen LogP contribution in [0.3, 0.4) is 0 Å². The first-order chi connectivity index (χ1) is 9.93. The second-order valence-corrected chi connectivity index (χ2v) is 5.94. The summed E-state index contributed by atoms with van der Waals surface area (Å²) in [5.41, 5.74) is 0.590. The van der Waals surface area contributed by atoms with Gasteiger partial charge in [0.2, 0.25) is 0 Å². The molecule has 0 unspecified atom stereocenters. The smallest absolute Gasteiger partial charge is 0.358 e. The summed E-state index contributed by atoms with van der Waals surface area (Å²) in [5.74, 6) is -0.872. The van der Waals surface area contributed by atoms with Gasteiger partial charge in [-0.15, -0.1) is 11.3 Å². The van der Waals surface area contributed by atoms with E-state index < -0.39 is 5.97 Å². The molecule has 0 saturated carbocycles. The van der Waals surface area contributed by atoms with Gasteiger partial charge in [0.15, 0.2) is 11.5 Å². The topological polar surface area (TPSA) is 56.3 Å². The summed E-state index contributed by atoms with van der Waals surface area (Å²) in [6, 6.07) is 4.93. The molecule has 4 nitrogen and oxygen atoms in total. The molecular formula is C14H11Cl2NO3S. The Balaban J connectivity index is 2.56. The van der Waals surface area contributed by atoms with Crippen molar-refractivity contribution in [2.45, 2.75) is 13.8 Å². The van der Waals surface area contributed by atoms with E-state index >= 15 is 0 Å².